The molecule has 1 aromatic carbocycles. The van der Waals surface area contributed by atoms with Crippen LogP contribution in [0.2, 0.25) is 0 Å². The third kappa shape index (κ3) is 4.82. The van der Waals surface area contributed by atoms with Crippen LogP contribution in [-0.2, 0) is 16.3 Å². The average molecular weight is 320 g/mol. The first-order valence-electron chi connectivity index (χ1n) is 7.04. The van der Waals surface area contributed by atoms with Gasteiger partial charge in [-0.1, -0.05) is 6.07 Å². The SMILES string of the molecule is CS(=O)(=O)c1ccc(NCC(CO)Cc2ccccn2)cc1. The number of nitrogens with one attached hydrogen (secondary N) is 1. The van der Waals surface area contributed by atoms with Crippen LogP contribution >= 0.6 is 0 Å². The molecule has 0 aliphatic heterocycles. The van der Waals surface area contributed by atoms with E-state index in [1.165, 1.54) is 6.26 Å². The topological polar surface area (TPSA) is 79.3 Å². The molecule has 0 radical (unpaired) electrons. The molecule has 22 heavy (non-hydrogen) atoms. The maximum Gasteiger partial charge on any atom is 0.175 e. The van der Waals surface area contributed by atoms with E-state index in [2.05, 4.69) is 10.3 Å². The molecule has 0 saturated heterocycles. The Morgan fingerprint density at radius 2 is 1.91 bits per heavy atom. The predicted octanol–water partition coefficient (Wildman–Crippen LogP) is 1.75. The maximum atomic E-state index is 11.4. The lowest BCUT2D eigenvalue weighted by Crippen LogP contribution is -2.20. The van der Waals surface area contributed by atoms with Crippen LogP contribution in [0.25, 0.3) is 0 Å². The molecule has 118 valence electrons. The lowest BCUT2D eigenvalue weighted by Gasteiger charge is -2.15. The van der Waals surface area contributed by atoms with Crippen molar-refractivity contribution in [3.8, 4) is 0 Å². The summed E-state index contributed by atoms with van der Waals surface area (Å²) in [6, 6.07) is 12.3. The van der Waals surface area contributed by atoms with E-state index in [4.69, 9.17) is 0 Å². The van der Waals surface area contributed by atoms with E-state index in [0.717, 1.165) is 11.4 Å². The Morgan fingerprint density at radius 3 is 2.45 bits per heavy atom. The fraction of sp³-hybridized carbons (Fsp3) is 0.312. The van der Waals surface area contributed by atoms with Crippen LogP contribution in [-0.4, -0.2) is 37.9 Å². The molecular weight excluding hydrogens is 300 g/mol. The van der Waals surface area contributed by atoms with Crippen molar-refractivity contribution in [2.24, 2.45) is 5.92 Å². The molecule has 0 spiro atoms. The van der Waals surface area contributed by atoms with Gasteiger partial charge in [0.25, 0.3) is 0 Å². The maximum absolute atomic E-state index is 11.4. The summed E-state index contributed by atoms with van der Waals surface area (Å²) >= 11 is 0. The number of sulfone groups is 1. The first-order chi connectivity index (χ1) is 10.5. The number of benzene rings is 1. The summed E-state index contributed by atoms with van der Waals surface area (Å²) < 4.78 is 22.8. The molecule has 1 heterocycles. The van der Waals surface area contributed by atoms with Crippen molar-refractivity contribution in [1.82, 2.24) is 4.98 Å². The first-order valence-corrected chi connectivity index (χ1v) is 8.93. The van der Waals surface area contributed by atoms with E-state index in [-0.39, 0.29) is 12.5 Å². The van der Waals surface area contributed by atoms with Crippen molar-refractivity contribution in [2.75, 3.05) is 24.7 Å². The van der Waals surface area contributed by atoms with Crippen molar-refractivity contribution in [3.63, 3.8) is 0 Å². The average Bonchev–Trinajstić information content (AvgIpc) is 2.52. The van der Waals surface area contributed by atoms with Gasteiger partial charge in [-0.05, 0) is 42.8 Å². The van der Waals surface area contributed by atoms with Gasteiger partial charge < -0.3 is 10.4 Å². The van der Waals surface area contributed by atoms with Gasteiger partial charge >= 0.3 is 0 Å². The molecule has 2 aromatic rings. The number of rotatable bonds is 7. The Balaban J connectivity index is 1.93. The molecule has 6 heteroatoms. The number of pyridine rings is 1. The van der Waals surface area contributed by atoms with Crippen LogP contribution in [0.5, 0.6) is 0 Å². The molecule has 2 rings (SSSR count). The van der Waals surface area contributed by atoms with E-state index in [0.29, 0.717) is 17.9 Å². The molecule has 0 bridgehead atoms. The third-order valence-electron chi connectivity index (χ3n) is 3.36. The highest BCUT2D eigenvalue weighted by Crippen LogP contribution is 2.15. The summed E-state index contributed by atoms with van der Waals surface area (Å²) in [5.74, 6) is 0.0458. The number of aromatic nitrogens is 1. The number of anilines is 1. The molecule has 1 aromatic heterocycles. The van der Waals surface area contributed by atoms with E-state index in [1.54, 1.807) is 30.5 Å². The normalized spacial score (nSPS) is 12.8. The van der Waals surface area contributed by atoms with Gasteiger partial charge in [-0.3, -0.25) is 4.98 Å². The Morgan fingerprint density at radius 1 is 1.18 bits per heavy atom. The molecule has 0 amide bonds. The minimum Gasteiger partial charge on any atom is -0.396 e. The van der Waals surface area contributed by atoms with Gasteiger partial charge in [0.15, 0.2) is 9.84 Å². The standard InChI is InChI=1S/C16H20N2O3S/c1-22(20,21)16-7-5-14(6-8-16)18-11-13(12-19)10-15-4-2-3-9-17-15/h2-9,13,18-19H,10-12H2,1H3. The van der Waals surface area contributed by atoms with Crippen LogP contribution in [0.15, 0.2) is 53.6 Å². The number of nitrogens with zero attached hydrogens (tertiary/aromatic N) is 1. The van der Waals surface area contributed by atoms with Gasteiger partial charge in [0, 0.05) is 42.9 Å². The van der Waals surface area contributed by atoms with E-state index in [9.17, 15) is 13.5 Å². The fourth-order valence-electron chi connectivity index (χ4n) is 2.10. The van der Waals surface area contributed by atoms with Gasteiger partial charge in [-0.2, -0.15) is 0 Å². The van der Waals surface area contributed by atoms with E-state index < -0.39 is 9.84 Å². The number of hydrogen-bond donors (Lipinski definition) is 2. The molecule has 0 fully saturated rings. The zero-order valence-corrected chi connectivity index (χ0v) is 13.3. The molecular formula is C16H20N2O3S. The number of hydrogen-bond acceptors (Lipinski definition) is 5. The number of aliphatic hydroxyl groups excluding tert-OH is 1. The monoisotopic (exact) mass is 320 g/mol. The number of aliphatic hydroxyl groups is 1. The summed E-state index contributed by atoms with van der Waals surface area (Å²) in [7, 11) is -3.17. The quantitative estimate of drug-likeness (QED) is 0.812. The molecule has 1 unspecified atom stereocenters. The van der Waals surface area contributed by atoms with Crippen LogP contribution in [0.1, 0.15) is 5.69 Å². The molecule has 0 aliphatic carbocycles. The molecule has 0 aliphatic rings. The van der Waals surface area contributed by atoms with Crippen LogP contribution in [0, 0.1) is 5.92 Å². The second-order valence-corrected chi connectivity index (χ2v) is 7.27. The highest BCUT2D eigenvalue weighted by Gasteiger charge is 2.10. The van der Waals surface area contributed by atoms with E-state index >= 15 is 0 Å². The van der Waals surface area contributed by atoms with Gasteiger partial charge in [0.2, 0.25) is 0 Å². The molecule has 5 nitrogen and oxygen atoms in total. The summed E-state index contributed by atoms with van der Waals surface area (Å²) in [4.78, 5) is 4.55. The van der Waals surface area contributed by atoms with Crippen molar-refractivity contribution in [1.29, 1.82) is 0 Å². The van der Waals surface area contributed by atoms with Gasteiger partial charge in [0.05, 0.1) is 4.90 Å². The summed E-state index contributed by atoms with van der Waals surface area (Å²) in [6.45, 7) is 0.649. The Kier molecular flexibility index (Phi) is 5.51. The Hall–Kier alpha value is -1.92. The lowest BCUT2D eigenvalue weighted by atomic mass is 10.0. The zero-order valence-electron chi connectivity index (χ0n) is 12.4. The van der Waals surface area contributed by atoms with Crippen LogP contribution in [0.4, 0.5) is 5.69 Å². The lowest BCUT2D eigenvalue weighted by molar-refractivity contribution is 0.232. The van der Waals surface area contributed by atoms with Gasteiger partial charge in [0.1, 0.15) is 0 Å². The van der Waals surface area contributed by atoms with Crippen LogP contribution < -0.4 is 5.32 Å². The molecule has 2 N–H and O–H groups in total. The second-order valence-electron chi connectivity index (χ2n) is 5.25. The smallest absolute Gasteiger partial charge is 0.175 e. The summed E-state index contributed by atoms with van der Waals surface area (Å²) in [5, 5.41) is 12.7. The highest BCUT2D eigenvalue weighted by molar-refractivity contribution is 7.90. The third-order valence-corrected chi connectivity index (χ3v) is 4.49. The van der Waals surface area contributed by atoms with Crippen molar-refractivity contribution in [2.45, 2.75) is 11.3 Å². The largest absolute Gasteiger partial charge is 0.396 e. The summed E-state index contributed by atoms with van der Waals surface area (Å²) in [5.41, 5.74) is 1.77. The van der Waals surface area contributed by atoms with E-state index in [1.807, 2.05) is 18.2 Å². The zero-order chi connectivity index (χ0) is 16.0. The minimum absolute atomic E-state index is 0.0458. The predicted molar refractivity (Wildman–Crippen MR) is 86.6 cm³/mol. The first kappa shape index (κ1) is 16.5. The Labute approximate surface area is 131 Å². The van der Waals surface area contributed by atoms with Gasteiger partial charge in [-0.15, -0.1) is 0 Å². The molecule has 0 saturated carbocycles. The van der Waals surface area contributed by atoms with Crippen molar-refractivity contribution >= 4 is 15.5 Å². The molecule has 1 atom stereocenters. The van der Waals surface area contributed by atoms with Gasteiger partial charge in [-0.25, -0.2) is 8.42 Å². The van der Waals surface area contributed by atoms with Crippen molar-refractivity contribution in [3.05, 3.63) is 54.4 Å². The second kappa shape index (κ2) is 7.38. The Bertz CT molecular complexity index is 685. The van der Waals surface area contributed by atoms with Crippen molar-refractivity contribution < 1.29 is 13.5 Å². The minimum atomic E-state index is -3.17. The summed E-state index contributed by atoms with van der Waals surface area (Å²) in [6.07, 6.45) is 3.61. The fourth-order valence-corrected chi connectivity index (χ4v) is 2.73. The van der Waals surface area contributed by atoms with Crippen LogP contribution in [0.3, 0.4) is 0 Å². The highest BCUT2D eigenvalue weighted by atomic mass is 32.2.